The van der Waals surface area contributed by atoms with E-state index in [2.05, 4.69) is 16.8 Å². The zero-order valence-corrected chi connectivity index (χ0v) is 18.5. The summed E-state index contributed by atoms with van der Waals surface area (Å²) < 4.78 is 28.3. The van der Waals surface area contributed by atoms with Gasteiger partial charge in [-0.3, -0.25) is 4.79 Å². The summed E-state index contributed by atoms with van der Waals surface area (Å²) in [6, 6.07) is 5.42. The molecule has 0 spiro atoms. The number of sulfonamides is 1. The number of carbonyl (C=O) groups is 1. The van der Waals surface area contributed by atoms with Gasteiger partial charge in [0.25, 0.3) is 0 Å². The van der Waals surface area contributed by atoms with Gasteiger partial charge in [0.15, 0.2) is 0 Å². The third kappa shape index (κ3) is 4.98. The van der Waals surface area contributed by atoms with E-state index in [-0.39, 0.29) is 10.8 Å². The third-order valence-electron chi connectivity index (χ3n) is 5.61. The Balaban J connectivity index is 1.83. The molecule has 1 heterocycles. The molecular formula is C21H32N4O3S. The van der Waals surface area contributed by atoms with Crippen molar-refractivity contribution in [2.75, 3.05) is 14.1 Å². The van der Waals surface area contributed by atoms with E-state index >= 15 is 0 Å². The van der Waals surface area contributed by atoms with Crippen molar-refractivity contribution in [3.63, 3.8) is 0 Å². The number of nitrogens with zero attached hydrogens (tertiary/aromatic N) is 3. The van der Waals surface area contributed by atoms with Gasteiger partial charge in [-0.15, -0.1) is 0 Å². The van der Waals surface area contributed by atoms with E-state index in [4.69, 9.17) is 4.98 Å². The van der Waals surface area contributed by atoms with Crippen LogP contribution in [-0.4, -0.2) is 48.3 Å². The molecule has 1 amide bonds. The minimum atomic E-state index is -3.51. The topological polar surface area (TPSA) is 84.3 Å². The van der Waals surface area contributed by atoms with E-state index in [9.17, 15) is 13.2 Å². The first-order chi connectivity index (χ1) is 13.8. The van der Waals surface area contributed by atoms with Gasteiger partial charge in [-0.05, 0) is 37.5 Å². The largest absolute Gasteiger partial charge is 0.353 e. The van der Waals surface area contributed by atoms with Crippen molar-refractivity contribution in [2.45, 2.75) is 75.8 Å². The highest BCUT2D eigenvalue weighted by molar-refractivity contribution is 7.89. The number of imidazole rings is 1. The molecule has 29 heavy (non-hydrogen) atoms. The Hall–Kier alpha value is -1.93. The number of rotatable bonds is 9. The maximum atomic E-state index is 12.5. The third-order valence-corrected chi connectivity index (χ3v) is 7.42. The lowest BCUT2D eigenvalue weighted by molar-refractivity contribution is -0.121. The van der Waals surface area contributed by atoms with E-state index in [1.54, 1.807) is 12.1 Å². The lowest BCUT2D eigenvalue weighted by Crippen LogP contribution is -2.32. The van der Waals surface area contributed by atoms with Gasteiger partial charge in [0, 0.05) is 39.5 Å². The number of nitrogens with one attached hydrogen (secondary N) is 1. The van der Waals surface area contributed by atoms with Crippen molar-refractivity contribution >= 4 is 27.0 Å². The molecule has 1 N–H and O–H groups in total. The molecular weight excluding hydrogens is 388 g/mol. The van der Waals surface area contributed by atoms with Crippen LogP contribution in [0.5, 0.6) is 0 Å². The number of benzene rings is 1. The molecule has 1 aromatic heterocycles. The van der Waals surface area contributed by atoms with Crippen LogP contribution in [0, 0.1) is 0 Å². The van der Waals surface area contributed by atoms with Crippen LogP contribution in [0.2, 0.25) is 0 Å². The Bertz CT molecular complexity index is 960. The SMILES string of the molecule is CCCCn1c(CCC(=O)NC2CCCC2)nc2cc(S(=O)(=O)N(C)C)ccc21. The average molecular weight is 421 g/mol. The van der Waals surface area contributed by atoms with Crippen molar-refractivity contribution in [1.29, 1.82) is 0 Å². The molecule has 1 saturated carbocycles. The van der Waals surface area contributed by atoms with E-state index in [0.717, 1.165) is 43.6 Å². The summed E-state index contributed by atoms with van der Waals surface area (Å²) in [5.74, 6) is 0.913. The molecule has 0 atom stereocenters. The molecule has 1 aliphatic rings. The number of aryl methyl sites for hydroxylation is 2. The van der Waals surface area contributed by atoms with E-state index in [1.807, 2.05) is 6.07 Å². The summed E-state index contributed by atoms with van der Waals surface area (Å²) in [5.41, 5.74) is 1.58. The second-order valence-electron chi connectivity index (χ2n) is 8.02. The van der Waals surface area contributed by atoms with Gasteiger partial charge in [-0.2, -0.15) is 0 Å². The fourth-order valence-corrected chi connectivity index (χ4v) is 4.80. The van der Waals surface area contributed by atoms with Crippen molar-refractivity contribution in [1.82, 2.24) is 19.2 Å². The highest BCUT2D eigenvalue weighted by Gasteiger charge is 2.21. The number of amides is 1. The highest BCUT2D eigenvalue weighted by Crippen LogP contribution is 2.23. The molecule has 1 aromatic carbocycles. The summed E-state index contributed by atoms with van der Waals surface area (Å²) in [7, 11) is -0.465. The molecule has 0 aliphatic heterocycles. The van der Waals surface area contributed by atoms with Crippen LogP contribution in [0.25, 0.3) is 11.0 Å². The minimum absolute atomic E-state index is 0.0712. The fourth-order valence-electron chi connectivity index (χ4n) is 3.88. The predicted octanol–water partition coefficient (Wildman–Crippen LogP) is 3.08. The van der Waals surface area contributed by atoms with Crippen LogP contribution in [0.3, 0.4) is 0 Å². The molecule has 2 aromatic rings. The molecule has 7 nitrogen and oxygen atoms in total. The minimum Gasteiger partial charge on any atom is -0.353 e. The highest BCUT2D eigenvalue weighted by atomic mass is 32.2. The van der Waals surface area contributed by atoms with Crippen molar-refractivity contribution < 1.29 is 13.2 Å². The quantitative estimate of drug-likeness (QED) is 0.676. The predicted molar refractivity (Wildman–Crippen MR) is 114 cm³/mol. The molecule has 1 aliphatic carbocycles. The summed E-state index contributed by atoms with van der Waals surface area (Å²) in [4.78, 5) is 17.3. The van der Waals surface area contributed by atoms with Gasteiger partial charge in [0.1, 0.15) is 5.82 Å². The molecule has 0 bridgehead atoms. The molecule has 0 saturated heterocycles. The first kappa shape index (κ1) is 21.8. The zero-order chi connectivity index (χ0) is 21.0. The van der Waals surface area contributed by atoms with Crippen molar-refractivity contribution in [2.24, 2.45) is 0 Å². The van der Waals surface area contributed by atoms with Gasteiger partial charge >= 0.3 is 0 Å². The normalized spacial score (nSPS) is 15.4. The molecule has 0 radical (unpaired) electrons. The van der Waals surface area contributed by atoms with Crippen LogP contribution in [0.15, 0.2) is 23.1 Å². The van der Waals surface area contributed by atoms with Gasteiger partial charge in [0.2, 0.25) is 15.9 Å². The zero-order valence-electron chi connectivity index (χ0n) is 17.6. The lowest BCUT2D eigenvalue weighted by atomic mass is 10.2. The van der Waals surface area contributed by atoms with Crippen molar-refractivity contribution in [3.05, 3.63) is 24.0 Å². The molecule has 8 heteroatoms. The summed E-state index contributed by atoms with van der Waals surface area (Å²) in [5, 5.41) is 3.13. The Morgan fingerprint density at radius 3 is 2.66 bits per heavy atom. The number of carbonyl (C=O) groups excluding carboxylic acids is 1. The standard InChI is InChI=1S/C21H32N4O3S/c1-4-5-14-25-19-11-10-17(29(27,28)24(2)3)15-18(19)23-20(25)12-13-21(26)22-16-8-6-7-9-16/h10-11,15-16H,4-9,12-14H2,1-3H3,(H,22,26). The van der Waals surface area contributed by atoms with Gasteiger partial charge in [0.05, 0.1) is 15.9 Å². The van der Waals surface area contributed by atoms with Crippen LogP contribution in [0.1, 0.15) is 57.7 Å². The number of hydrogen-bond donors (Lipinski definition) is 1. The maximum absolute atomic E-state index is 12.5. The summed E-state index contributed by atoms with van der Waals surface area (Å²) >= 11 is 0. The number of hydrogen-bond acceptors (Lipinski definition) is 4. The first-order valence-corrected chi connectivity index (χ1v) is 12.0. The number of fused-ring (bicyclic) bond motifs is 1. The van der Waals surface area contributed by atoms with Gasteiger partial charge in [-0.1, -0.05) is 26.2 Å². The monoisotopic (exact) mass is 420 g/mol. The van der Waals surface area contributed by atoms with Crippen molar-refractivity contribution in [3.8, 4) is 0 Å². The maximum Gasteiger partial charge on any atom is 0.242 e. The van der Waals surface area contributed by atoms with Crippen LogP contribution < -0.4 is 5.32 Å². The van der Waals surface area contributed by atoms with Gasteiger partial charge < -0.3 is 9.88 Å². The second kappa shape index (κ2) is 9.26. The van der Waals surface area contributed by atoms with E-state index in [1.165, 1.54) is 31.2 Å². The van der Waals surface area contributed by atoms with Crippen LogP contribution >= 0.6 is 0 Å². The van der Waals surface area contributed by atoms with Crippen LogP contribution in [-0.2, 0) is 27.8 Å². The number of aromatic nitrogens is 2. The van der Waals surface area contributed by atoms with Crippen LogP contribution in [0.4, 0.5) is 0 Å². The lowest BCUT2D eigenvalue weighted by Gasteiger charge is -2.13. The molecule has 1 fully saturated rings. The molecule has 3 rings (SSSR count). The first-order valence-electron chi connectivity index (χ1n) is 10.5. The Labute approximate surface area is 173 Å². The smallest absolute Gasteiger partial charge is 0.242 e. The summed E-state index contributed by atoms with van der Waals surface area (Å²) in [6.07, 6.45) is 7.53. The molecule has 0 unspecified atom stereocenters. The van der Waals surface area contributed by atoms with Gasteiger partial charge in [-0.25, -0.2) is 17.7 Å². The Morgan fingerprint density at radius 2 is 2.00 bits per heavy atom. The molecule has 160 valence electrons. The number of unbranched alkanes of at least 4 members (excludes halogenated alkanes) is 1. The van der Waals surface area contributed by atoms with E-state index in [0.29, 0.717) is 24.4 Å². The fraction of sp³-hybridized carbons (Fsp3) is 0.619. The summed E-state index contributed by atoms with van der Waals surface area (Å²) in [6.45, 7) is 2.95. The van der Waals surface area contributed by atoms with E-state index < -0.39 is 10.0 Å². The second-order valence-corrected chi connectivity index (χ2v) is 10.2. The Kier molecular flexibility index (Phi) is 6.95. The average Bonchev–Trinajstić information content (AvgIpc) is 3.31. The Morgan fingerprint density at radius 1 is 1.28 bits per heavy atom.